The zero-order valence-electron chi connectivity index (χ0n) is 10.6. The molecule has 1 aromatic rings. The average molecular weight is 308 g/mol. The van der Waals surface area contributed by atoms with Crippen molar-refractivity contribution < 1.29 is 22.1 Å². The number of halogens is 3. The van der Waals surface area contributed by atoms with Gasteiger partial charge in [-0.05, 0) is 12.8 Å². The molecule has 0 saturated carbocycles. The van der Waals surface area contributed by atoms with Gasteiger partial charge in [-0.2, -0.15) is 8.78 Å². The standard InChI is InChI=1S/C12H15F3N2O2S/c13-8-5-9(16)10(6-11(8)19-12(14)15)17-7-1-3-20(18)4-2-7/h5-7,12,17H,1-4,16H2. The Kier molecular flexibility index (Phi) is 4.74. The number of rotatable bonds is 4. The number of nitrogens with two attached hydrogens (primary N) is 1. The summed E-state index contributed by atoms with van der Waals surface area (Å²) in [6, 6.07) is 2.11. The summed E-state index contributed by atoms with van der Waals surface area (Å²) in [6.07, 6.45) is 1.38. The summed E-state index contributed by atoms with van der Waals surface area (Å²) in [6.45, 7) is -3.10. The molecule has 1 heterocycles. The Balaban J connectivity index is 2.12. The van der Waals surface area contributed by atoms with Gasteiger partial charge in [0.25, 0.3) is 0 Å². The third-order valence-electron chi connectivity index (χ3n) is 3.07. The van der Waals surface area contributed by atoms with Crippen LogP contribution in [0.3, 0.4) is 0 Å². The quantitative estimate of drug-likeness (QED) is 0.838. The smallest absolute Gasteiger partial charge is 0.387 e. The van der Waals surface area contributed by atoms with E-state index in [2.05, 4.69) is 10.1 Å². The highest BCUT2D eigenvalue weighted by Gasteiger charge is 2.20. The van der Waals surface area contributed by atoms with Crippen molar-refractivity contribution >= 4 is 22.2 Å². The highest BCUT2D eigenvalue weighted by Crippen LogP contribution is 2.30. The Morgan fingerprint density at radius 2 is 2.00 bits per heavy atom. The van der Waals surface area contributed by atoms with E-state index in [4.69, 9.17) is 5.73 Å². The third-order valence-corrected chi connectivity index (χ3v) is 4.45. The van der Waals surface area contributed by atoms with E-state index in [1.807, 2.05) is 0 Å². The predicted octanol–water partition coefficient (Wildman–Crippen LogP) is 2.33. The van der Waals surface area contributed by atoms with E-state index in [0.717, 1.165) is 12.1 Å². The maximum Gasteiger partial charge on any atom is 0.387 e. The molecule has 0 aliphatic carbocycles. The van der Waals surface area contributed by atoms with E-state index in [-0.39, 0.29) is 11.7 Å². The number of hydrogen-bond donors (Lipinski definition) is 2. The van der Waals surface area contributed by atoms with Crippen LogP contribution in [0, 0.1) is 5.82 Å². The first-order valence-corrected chi connectivity index (χ1v) is 7.60. The number of benzene rings is 1. The lowest BCUT2D eigenvalue weighted by Gasteiger charge is -2.24. The predicted molar refractivity (Wildman–Crippen MR) is 72.0 cm³/mol. The number of anilines is 2. The van der Waals surface area contributed by atoms with Crippen LogP contribution in [-0.4, -0.2) is 28.4 Å². The number of nitrogen functional groups attached to an aromatic ring is 1. The van der Waals surface area contributed by atoms with Crippen LogP contribution < -0.4 is 15.8 Å². The van der Waals surface area contributed by atoms with Crippen LogP contribution in [0.5, 0.6) is 5.75 Å². The van der Waals surface area contributed by atoms with Crippen molar-refractivity contribution in [1.82, 2.24) is 0 Å². The fraction of sp³-hybridized carbons (Fsp3) is 0.500. The summed E-state index contributed by atoms with van der Waals surface area (Å²) in [5.74, 6) is -0.313. The molecular formula is C12H15F3N2O2S. The normalized spacial score (nSPS) is 22.8. The molecule has 0 bridgehead atoms. The maximum absolute atomic E-state index is 13.4. The first-order chi connectivity index (χ1) is 9.45. The summed E-state index contributed by atoms with van der Waals surface area (Å²) < 4.78 is 53.1. The van der Waals surface area contributed by atoms with E-state index in [9.17, 15) is 17.4 Å². The number of ether oxygens (including phenoxy) is 1. The van der Waals surface area contributed by atoms with Gasteiger partial charge < -0.3 is 15.8 Å². The van der Waals surface area contributed by atoms with Crippen molar-refractivity contribution in [1.29, 1.82) is 0 Å². The lowest BCUT2D eigenvalue weighted by Crippen LogP contribution is -2.29. The molecule has 8 heteroatoms. The largest absolute Gasteiger partial charge is 0.432 e. The Morgan fingerprint density at radius 1 is 1.35 bits per heavy atom. The van der Waals surface area contributed by atoms with E-state index < -0.39 is 29.0 Å². The summed E-state index contributed by atoms with van der Waals surface area (Å²) in [5.41, 5.74) is 6.13. The molecule has 1 saturated heterocycles. The fourth-order valence-corrected chi connectivity index (χ4v) is 3.34. The highest BCUT2D eigenvalue weighted by atomic mass is 32.2. The second-order valence-electron chi connectivity index (χ2n) is 4.52. The summed E-state index contributed by atoms with van der Waals surface area (Å²) >= 11 is 0. The first-order valence-electron chi connectivity index (χ1n) is 6.11. The van der Waals surface area contributed by atoms with Crippen LogP contribution in [0.15, 0.2) is 12.1 Å². The molecule has 0 unspecified atom stereocenters. The second kappa shape index (κ2) is 6.34. The number of hydrogen-bond acceptors (Lipinski definition) is 4. The van der Waals surface area contributed by atoms with Crippen LogP contribution in [-0.2, 0) is 10.8 Å². The Hall–Kier alpha value is -1.44. The zero-order valence-corrected chi connectivity index (χ0v) is 11.4. The third kappa shape index (κ3) is 3.78. The van der Waals surface area contributed by atoms with Gasteiger partial charge in [0.1, 0.15) is 0 Å². The fourth-order valence-electron chi connectivity index (χ4n) is 2.04. The van der Waals surface area contributed by atoms with Crippen LogP contribution in [0.2, 0.25) is 0 Å². The topological polar surface area (TPSA) is 64.3 Å². The van der Waals surface area contributed by atoms with Gasteiger partial charge >= 0.3 is 6.61 Å². The molecule has 1 aromatic carbocycles. The van der Waals surface area contributed by atoms with E-state index in [1.165, 1.54) is 0 Å². The van der Waals surface area contributed by atoms with Crippen molar-refractivity contribution in [2.75, 3.05) is 22.6 Å². The minimum Gasteiger partial charge on any atom is -0.432 e. The van der Waals surface area contributed by atoms with Gasteiger partial charge in [0, 0.05) is 40.5 Å². The van der Waals surface area contributed by atoms with Gasteiger partial charge in [0.2, 0.25) is 0 Å². The van der Waals surface area contributed by atoms with Crippen molar-refractivity contribution in [2.45, 2.75) is 25.5 Å². The lowest BCUT2D eigenvalue weighted by molar-refractivity contribution is -0.0521. The number of alkyl halides is 2. The van der Waals surface area contributed by atoms with Crippen LogP contribution in [0.25, 0.3) is 0 Å². The molecule has 2 rings (SSSR count). The SMILES string of the molecule is Nc1cc(F)c(OC(F)F)cc1NC1CCS(=O)CC1. The molecule has 3 N–H and O–H groups in total. The molecule has 0 radical (unpaired) electrons. The Morgan fingerprint density at radius 3 is 2.60 bits per heavy atom. The Labute approximate surface area is 116 Å². The summed E-state index contributed by atoms with van der Waals surface area (Å²) in [7, 11) is -0.795. The Bertz CT molecular complexity index is 504. The average Bonchev–Trinajstić information content (AvgIpc) is 2.37. The molecule has 0 aromatic heterocycles. The second-order valence-corrected chi connectivity index (χ2v) is 6.21. The molecule has 0 amide bonds. The minimum atomic E-state index is -3.10. The molecule has 1 aliphatic heterocycles. The molecule has 112 valence electrons. The van der Waals surface area contributed by atoms with Crippen molar-refractivity contribution in [3.05, 3.63) is 17.9 Å². The van der Waals surface area contributed by atoms with Gasteiger partial charge in [-0.15, -0.1) is 0 Å². The van der Waals surface area contributed by atoms with Crippen LogP contribution >= 0.6 is 0 Å². The highest BCUT2D eigenvalue weighted by molar-refractivity contribution is 7.85. The summed E-state index contributed by atoms with van der Waals surface area (Å²) in [5, 5.41) is 3.06. The van der Waals surface area contributed by atoms with E-state index in [0.29, 0.717) is 30.0 Å². The monoisotopic (exact) mass is 308 g/mol. The van der Waals surface area contributed by atoms with Crippen molar-refractivity contribution in [3.8, 4) is 5.75 Å². The first kappa shape index (κ1) is 15.0. The van der Waals surface area contributed by atoms with Crippen LogP contribution in [0.1, 0.15) is 12.8 Å². The van der Waals surface area contributed by atoms with Gasteiger partial charge in [0.05, 0.1) is 11.4 Å². The molecule has 0 atom stereocenters. The van der Waals surface area contributed by atoms with Gasteiger partial charge in [-0.25, -0.2) is 4.39 Å². The van der Waals surface area contributed by atoms with Gasteiger partial charge in [-0.1, -0.05) is 0 Å². The molecule has 1 fully saturated rings. The zero-order chi connectivity index (χ0) is 14.7. The molecule has 20 heavy (non-hydrogen) atoms. The molecule has 0 spiro atoms. The maximum atomic E-state index is 13.4. The van der Waals surface area contributed by atoms with Gasteiger partial charge in [-0.3, -0.25) is 4.21 Å². The van der Waals surface area contributed by atoms with Gasteiger partial charge in [0.15, 0.2) is 11.6 Å². The molecular weight excluding hydrogens is 293 g/mol. The lowest BCUT2D eigenvalue weighted by atomic mass is 10.1. The van der Waals surface area contributed by atoms with Crippen LogP contribution in [0.4, 0.5) is 24.5 Å². The van der Waals surface area contributed by atoms with Crippen molar-refractivity contribution in [3.63, 3.8) is 0 Å². The van der Waals surface area contributed by atoms with E-state index >= 15 is 0 Å². The van der Waals surface area contributed by atoms with E-state index in [1.54, 1.807) is 0 Å². The molecule has 4 nitrogen and oxygen atoms in total. The molecule has 1 aliphatic rings. The number of nitrogens with one attached hydrogen (secondary N) is 1. The van der Waals surface area contributed by atoms with Crippen molar-refractivity contribution in [2.24, 2.45) is 0 Å². The minimum absolute atomic E-state index is 0.0415. The summed E-state index contributed by atoms with van der Waals surface area (Å²) in [4.78, 5) is 0.